The molecule has 0 aliphatic carbocycles. The van der Waals surface area contributed by atoms with Crippen molar-refractivity contribution in [2.24, 2.45) is 0 Å². The normalized spacial score (nSPS) is 14.0. The smallest absolute Gasteiger partial charge is 0.260 e. The number of ether oxygens (including phenoxy) is 1. The fourth-order valence-corrected chi connectivity index (χ4v) is 2.89. The molecular weight excluding hydrogens is 349 g/mol. The van der Waals surface area contributed by atoms with Crippen molar-refractivity contribution in [3.63, 3.8) is 0 Å². The monoisotopic (exact) mass is 367 g/mol. The number of carbonyl (C=O) groups excluding carboxylic acids is 1. The van der Waals surface area contributed by atoms with E-state index in [4.69, 9.17) is 9.26 Å². The Balaban J connectivity index is 1.25. The molecule has 1 amide bonds. The van der Waals surface area contributed by atoms with E-state index in [0.29, 0.717) is 37.0 Å². The predicted molar refractivity (Wildman–Crippen MR) is 94.8 cm³/mol. The lowest BCUT2D eigenvalue weighted by molar-refractivity contribution is -0.138. The van der Waals surface area contributed by atoms with Gasteiger partial charge in [-0.15, -0.1) is 0 Å². The summed E-state index contributed by atoms with van der Waals surface area (Å²) in [5.41, 5.74) is 1.12. The molecule has 1 aliphatic heterocycles. The van der Waals surface area contributed by atoms with Crippen molar-refractivity contribution in [2.75, 3.05) is 19.7 Å². The van der Waals surface area contributed by atoms with Crippen LogP contribution in [-0.2, 0) is 11.2 Å². The van der Waals surface area contributed by atoms with Crippen molar-refractivity contribution >= 4 is 5.91 Å². The third-order valence-electron chi connectivity index (χ3n) is 4.45. The first-order valence-electron chi connectivity index (χ1n) is 8.70. The van der Waals surface area contributed by atoms with E-state index in [9.17, 15) is 9.18 Å². The molecule has 0 atom stereocenters. The molecule has 6 nitrogen and oxygen atoms in total. The van der Waals surface area contributed by atoms with Crippen LogP contribution in [0.15, 0.2) is 59.1 Å². The van der Waals surface area contributed by atoms with E-state index in [1.54, 1.807) is 4.90 Å². The van der Waals surface area contributed by atoms with Gasteiger partial charge in [0.1, 0.15) is 11.6 Å². The lowest BCUT2D eigenvalue weighted by Crippen LogP contribution is -2.50. The minimum Gasteiger partial charge on any atom is -0.484 e. The number of amides is 1. The number of halogens is 1. The van der Waals surface area contributed by atoms with Crippen molar-refractivity contribution in [1.82, 2.24) is 15.0 Å². The predicted octanol–water partition coefficient (Wildman–Crippen LogP) is 2.80. The summed E-state index contributed by atoms with van der Waals surface area (Å²) < 4.78 is 23.6. The lowest BCUT2D eigenvalue weighted by Gasteiger charge is -2.36. The summed E-state index contributed by atoms with van der Waals surface area (Å²) in [5, 5.41) is 4.02. The minimum absolute atomic E-state index is 0.0526. The van der Waals surface area contributed by atoms with Crippen LogP contribution in [0, 0.1) is 5.82 Å². The van der Waals surface area contributed by atoms with Crippen LogP contribution in [0.4, 0.5) is 4.39 Å². The van der Waals surface area contributed by atoms with Gasteiger partial charge in [0.15, 0.2) is 12.4 Å². The maximum absolute atomic E-state index is 12.9. The molecule has 3 aromatic rings. The van der Waals surface area contributed by atoms with Gasteiger partial charge >= 0.3 is 0 Å². The van der Waals surface area contributed by atoms with Crippen molar-refractivity contribution in [2.45, 2.75) is 12.3 Å². The number of hydrogen-bond donors (Lipinski definition) is 0. The van der Waals surface area contributed by atoms with Crippen LogP contribution in [0.25, 0.3) is 0 Å². The Morgan fingerprint density at radius 2 is 1.89 bits per heavy atom. The maximum Gasteiger partial charge on any atom is 0.260 e. The standard InChI is InChI=1S/C20H18FN3O3/c21-16-6-8-17(9-7-16)26-13-19(25)24-11-15(12-24)20-22-18(23-27-20)10-14-4-2-1-3-5-14/h1-9,15H,10-13H2. The van der Waals surface area contributed by atoms with Crippen molar-refractivity contribution < 1.29 is 18.4 Å². The molecule has 0 bridgehead atoms. The first kappa shape index (κ1) is 17.2. The highest BCUT2D eigenvalue weighted by molar-refractivity contribution is 5.78. The highest BCUT2D eigenvalue weighted by Gasteiger charge is 2.35. The fourth-order valence-electron chi connectivity index (χ4n) is 2.89. The molecule has 0 saturated carbocycles. The van der Waals surface area contributed by atoms with Gasteiger partial charge in [0.2, 0.25) is 5.89 Å². The second kappa shape index (κ2) is 7.57. The van der Waals surface area contributed by atoms with Crippen LogP contribution in [0.5, 0.6) is 5.75 Å². The average molecular weight is 367 g/mol. The topological polar surface area (TPSA) is 68.5 Å². The molecule has 1 aromatic heterocycles. The Bertz CT molecular complexity index is 906. The van der Waals surface area contributed by atoms with E-state index < -0.39 is 0 Å². The van der Waals surface area contributed by atoms with E-state index in [2.05, 4.69) is 10.1 Å². The van der Waals surface area contributed by atoms with Crippen LogP contribution in [0.2, 0.25) is 0 Å². The largest absolute Gasteiger partial charge is 0.484 e. The number of carbonyl (C=O) groups is 1. The van der Waals surface area contributed by atoms with Gasteiger partial charge < -0.3 is 14.2 Å². The van der Waals surface area contributed by atoms with Crippen molar-refractivity contribution in [1.29, 1.82) is 0 Å². The second-order valence-corrected chi connectivity index (χ2v) is 6.45. The van der Waals surface area contributed by atoms with Gasteiger partial charge in [-0.25, -0.2) is 4.39 Å². The molecule has 138 valence electrons. The highest BCUT2D eigenvalue weighted by atomic mass is 19.1. The van der Waals surface area contributed by atoms with Gasteiger partial charge in [0, 0.05) is 19.5 Å². The van der Waals surface area contributed by atoms with Crippen molar-refractivity contribution in [3.05, 3.63) is 77.7 Å². The molecular formula is C20H18FN3O3. The third kappa shape index (κ3) is 4.13. The van der Waals surface area contributed by atoms with Gasteiger partial charge in [0.05, 0.1) is 5.92 Å². The van der Waals surface area contributed by atoms with E-state index in [-0.39, 0.29) is 24.2 Å². The number of aromatic nitrogens is 2. The number of hydrogen-bond acceptors (Lipinski definition) is 5. The Morgan fingerprint density at radius 3 is 2.63 bits per heavy atom. The quantitative estimate of drug-likeness (QED) is 0.670. The first-order chi connectivity index (χ1) is 13.2. The van der Waals surface area contributed by atoms with Gasteiger partial charge in [-0.05, 0) is 29.8 Å². The first-order valence-corrected chi connectivity index (χ1v) is 8.70. The van der Waals surface area contributed by atoms with Crippen LogP contribution in [0.1, 0.15) is 23.2 Å². The summed E-state index contributed by atoms with van der Waals surface area (Å²) in [5.74, 6) is 1.25. The lowest BCUT2D eigenvalue weighted by atomic mass is 10.0. The van der Waals surface area contributed by atoms with Crippen LogP contribution < -0.4 is 4.74 Å². The molecule has 27 heavy (non-hydrogen) atoms. The Labute approximate surface area is 155 Å². The molecule has 0 radical (unpaired) electrons. The van der Waals surface area contributed by atoms with Gasteiger partial charge in [-0.3, -0.25) is 4.79 Å². The molecule has 0 N–H and O–H groups in total. The number of likely N-dealkylation sites (tertiary alicyclic amines) is 1. The summed E-state index contributed by atoms with van der Waals surface area (Å²) >= 11 is 0. The van der Waals surface area contributed by atoms with E-state index in [1.807, 2.05) is 30.3 Å². The molecule has 1 fully saturated rings. The molecule has 2 heterocycles. The van der Waals surface area contributed by atoms with Crippen molar-refractivity contribution in [3.8, 4) is 5.75 Å². The zero-order valence-electron chi connectivity index (χ0n) is 14.5. The summed E-state index contributed by atoms with van der Waals surface area (Å²) in [6, 6.07) is 15.5. The van der Waals surface area contributed by atoms with E-state index in [0.717, 1.165) is 5.56 Å². The second-order valence-electron chi connectivity index (χ2n) is 6.45. The SMILES string of the molecule is O=C(COc1ccc(F)cc1)N1CC(c2nc(Cc3ccccc3)no2)C1. The molecule has 4 rings (SSSR count). The molecule has 2 aromatic carbocycles. The van der Waals surface area contributed by atoms with Gasteiger partial charge in [-0.2, -0.15) is 4.98 Å². The zero-order chi connectivity index (χ0) is 18.6. The number of rotatable bonds is 6. The Hall–Kier alpha value is -3.22. The van der Waals surface area contributed by atoms with Crippen LogP contribution >= 0.6 is 0 Å². The van der Waals surface area contributed by atoms with Crippen LogP contribution in [0.3, 0.4) is 0 Å². The molecule has 0 spiro atoms. The van der Waals surface area contributed by atoms with Crippen LogP contribution in [-0.4, -0.2) is 40.6 Å². The Kier molecular flexibility index (Phi) is 4.82. The summed E-state index contributed by atoms with van der Waals surface area (Å²) in [6.07, 6.45) is 0.616. The number of nitrogens with zero attached hydrogens (tertiary/aromatic N) is 3. The third-order valence-corrected chi connectivity index (χ3v) is 4.45. The zero-order valence-corrected chi connectivity index (χ0v) is 14.5. The Morgan fingerprint density at radius 1 is 1.15 bits per heavy atom. The molecule has 0 unspecified atom stereocenters. The van der Waals surface area contributed by atoms with Gasteiger partial charge in [0.25, 0.3) is 5.91 Å². The maximum atomic E-state index is 12.9. The summed E-state index contributed by atoms with van der Waals surface area (Å²) in [7, 11) is 0. The van der Waals surface area contributed by atoms with Gasteiger partial charge in [-0.1, -0.05) is 35.5 Å². The minimum atomic E-state index is -0.342. The number of benzene rings is 2. The molecule has 1 saturated heterocycles. The van der Waals surface area contributed by atoms with E-state index in [1.165, 1.54) is 24.3 Å². The fraction of sp³-hybridized carbons (Fsp3) is 0.250. The molecule has 7 heteroatoms. The summed E-state index contributed by atoms with van der Waals surface area (Å²) in [6.45, 7) is 0.971. The highest BCUT2D eigenvalue weighted by Crippen LogP contribution is 2.26. The molecule has 1 aliphatic rings. The average Bonchev–Trinajstić information content (AvgIpc) is 3.09. The summed E-state index contributed by atoms with van der Waals surface area (Å²) in [4.78, 5) is 18.3. The van der Waals surface area contributed by atoms with E-state index >= 15 is 0 Å².